The number of rotatable bonds is 7. The van der Waals surface area contributed by atoms with Crippen LogP contribution in [0.1, 0.15) is 20.8 Å². The molecule has 0 spiro atoms. The van der Waals surface area contributed by atoms with Crippen LogP contribution >= 0.6 is 23.4 Å². The summed E-state index contributed by atoms with van der Waals surface area (Å²) in [7, 11) is -0.211. The van der Waals surface area contributed by atoms with Gasteiger partial charge in [0.2, 0.25) is 5.88 Å². The highest BCUT2D eigenvalue weighted by atomic mass is 35.5. The Morgan fingerprint density at radius 1 is 1.23 bits per heavy atom. The van der Waals surface area contributed by atoms with Gasteiger partial charge in [-0.05, 0) is 24.4 Å². The zero-order chi connectivity index (χ0) is 19.5. The van der Waals surface area contributed by atoms with Crippen molar-refractivity contribution in [2.45, 2.75) is 44.1 Å². The Morgan fingerprint density at radius 3 is 2.50 bits per heavy atom. The molecule has 26 heavy (non-hydrogen) atoms. The van der Waals surface area contributed by atoms with Gasteiger partial charge < -0.3 is 14.5 Å². The molecule has 0 saturated heterocycles. The van der Waals surface area contributed by atoms with Crippen molar-refractivity contribution in [2.24, 2.45) is 0 Å². The maximum atomic E-state index is 6.22. The summed E-state index contributed by atoms with van der Waals surface area (Å²) in [5.74, 6) is 1.09. The van der Waals surface area contributed by atoms with E-state index in [0.717, 1.165) is 5.39 Å². The van der Waals surface area contributed by atoms with Crippen molar-refractivity contribution in [1.82, 2.24) is 15.0 Å². The molecular formula is C17H27ClN4O2SSi. The summed E-state index contributed by atoms with van der Waals surface area (Å²) in [6.07, 6.45) is 1.94. The number of methoxy groups -OCH3 is 1. The highest BCUT2D eigenvalue weighted by molar-refractivity contribution is 7.98. The average molecular weight is 415 g/mol. The van der Waals surface area contributed by atoms with Crippen LogP contribution in [-0.4, -0.2) is 49.8 Å². The maximum absolute atomic E-state index is 6.22. The van der Waals surface area contributed by atoms with Crippen LogP contribution < -0.4 is 10.1 Å². The quantitative estimate of drug-likeness (QED) is 0.228. The van der Waals surface area contributed by atoms with Gasteiger partial charge in [0.15, 0.2) is 13.5 Å². The molecule has 2 aromatic heterocycles. The Morgan fingerprint density at radius 2 is 1.92 bits per heavy atom. The van der Waals surface area contributed by atoms with E-state index in [2.05, 4.69) is 54.1 Å². The van der Waals surface area contributed by atoms with Crippen LogP contribution in [-0.2, 0) is 4.43 Å². The molecular weight excluding hydrogens is 388 g/mol. The lowest BCUT2D eigenvalue weighted by atomic mass is 10.2. The fraction of sp³-hybridized carbons (Fsp3) is 0.588. The molecule has 2 rings (SSSR count). The molecule has 144 valence electrons. The van der Waals surface area contributed by atoms with Crippen LogP contribution in [0.5, 0.6) is 5.88 Å². The number of hydrogen-bond donors (Lipinski definition) is 1. The van der Waals surface area contributed by atoms with Crippen LogP contribution in [0.15, 0.2) is 11.2 Å². The van der Waals surface area contributed by atoms with Crippen LogP contribution in [0, 0.1) is 0 Å². The minimum absolute atomic E-state index is 0.185. The number of aromatic nitrogens is 3. The molecule has 0 saturated carbocycles. The molecule has 0 bridgehead atoms. The Labute approximate surface area is 165 Å². The third-order valence-corrected chi connectivity index (χ3v) is 9.91. The van der Waals surface area contributed by atoms with Gasteiger partial charge in [0.25, 0.3) is 0 Å². The topological polar surface area (TPSA) is 69.2 Å². The molecule has 0 atom stereocenters. The van der Waals surface area contributed by atoms with Crippen LogP contribution in [0.3, 0.4) is 0 Å². The highest BCUT2D eigenvalue weighted by Crippen LogP contribution is 2.36. The third-order valence-electron chi connectivity index (χ3n) is 4.63. The minimum atomic E-state index is -1.77. The number of hydrogen-bond acceptors (Lipinski definition) is 7. The number of thioether (sulfide) groups is 1. The second-order valence-corrected chi connectivity index (χ2v) is 13.4. The number of pyridine rings is 1. The SMILES string of the molecule is COc1nc(Cl)cc2nc(SC)nc(NCCO[Si](C)(C)C(C)(C)C)c12. The molecule has 0 aliphatic rings. The normalized spacial score (nSPS) is 12.5. The van der Waals surface area contributed by atoms with Gasteiger partial charge in [-0.25, -0.2) is 15.0 Å². The number of ether oxygens (including phenoxy) is 1. The summed E-state index contributed by atoms with van der Waals surface area (Å²) in [4.78, 5) is 13.3. The monoisotopic (exact) mass is 414 g/mol. The molecule has 6 nitrogen and oxygen atoms in total. The molecule has 0 aliphatic heterocycles. The van der Waals surface area contributed by atoms with E-state index in [-0.39, 0.29) is 5.04 Å². The fourth-order valence-corrected chi connectivity index (χ4v) is 3.73. The lowest BCUT2D eigenvalue weighted by molar-refractivity contribution is 0.301. The van der Waals surface area contributed by atoms with E-state index in [1.165, 1.54) is 11.8 Å². The van der Waals surface area contributed by atoms with E-state index in [1.807, 2.05) is 6.26 Å². The summed E-state index contributed by atoms with van der Waals surface area (Å²) in [5, 5.41) is 5.26. The van der Waals surface area contributed by atoms with Crippen molar-refractivity contribution in [1.29, 1.82) is 0 Å². The van der Waals surface area contributed by atoms with Crippen molar-refractivity contribution < 1.29 is 9.16 Å². The van der Waals surface area contributed by atoms with Gasteiger partial charge >= 0.3 is 0 Å². The molecule has 0 aliphatic carbocycles. The summed E-state index contributed by atoms with van der Waals surface area (Å²) >= 11 is 7.55. The second kappa shape index (κ2) is 8.29. The predicted molar refractivity (Wildman–Crippen MR) is 112 cm³/mol. The van der Waals surface area contributed by atoms with E-state index in [4.69, 9.17) is 20.8 Å². The van der Waals surface area contributed by atoms with Gasteiger partial charge in [0, 0.05) is 12.6 Å². The minimum Gasteiger partial charge on any atom is -0.480 e. The fourth-order valence-electron chi connectivity index (χ4n) is 2.13. The van der Waals surface area contributed by atoms with E-state index in [0.29, 0.717) is 40.7 Å². The second-order valence-electron chi connectivity index (χ2n) is 7.44. The number of nitrogens with one attached hydrogen (secondary N) is 1. The van der Waals surface area contributed by atoms with Gasteiger partial charge in [-0.1, -0.05) is 44.1 Å². The molecule has 2 heterocycles. The average Bonchev–Trinajstić information content (AvgIpc) is 2.56. The smallest absolute Gasteiger partial charge is 0.227 e. The number of anilines is 1. The van der Waals surface area contributed by atoms with Crippen molar-refractivity contribution in [2.75, 3.05) is 31.8 Å². The number of nitrogens with zero attached hydrogens (tertiary/aromatic N) is 3. The number of halogens is 1. The first-order chi connectivity index (χ1) is 12.1. The van der Waals surface area contributed by atoms with E-state index < -0.39 is 8.32 Å². The molecule has 0 unspecified atom stereocenters. The van der Waals surface area contributed by atoms with Gasteiger partial charge in [-0.3, -0.25) is 0 Å². The predicted octanol–water partition coefficient (Wildman–Crippen LogP) is 4.84. The Kier molecular flexibility index (Phi) is 6.76. The van der Waals surface area contributed by atoms with Crippen LogP contribution in [0.4, 0.5) is 5.82 Å². The van der Waals surface area contributed by atoms with E-state index in [1.54, 1.807) is 13.2 Å². The molecule has 0 fully saturated rings. The van der Waals surface area contributed by atoms with Crippen LogP contribution in [0.25, 0.3) is 10.9 Å². The van der Waals surface area contributed by atoms with Gasteiger partial charge in [-0.15, -0.1) is 0 Å². The van der Waals surface area contributed by atoms with E-state index in [9.17, 15) is 0 Å². The van der Waals surface area contributed by atoms with Crippen molar-refractivity contribution in [3.8, 4) is 5.88 Å². The van der Waals surface area contributed by atoms with Crippen LogP contribution in [0.2, 0.25) is 23.3 Å². The largest absolute Gasteiger partial charge is 0.480 e. The first-order valence-electron chi connectivity index (χ1n) is 8.43. The first-order valence-corrected chi connectivity index (χ1v) is 12.9. The third kappa shape index (κ3) is 4.79. The van der Waals surface area contributed by atoms with Crippen molar-refractivity contribution in [3.05, 3.63) is 11.2 Å². The summed E-state index contributed by atoms with van der Waals surface area (Å²) in [6.45, 7) is 12.4. The molecule has 0 aromatic carbocycles. The molecule has 9 heteroatoms. The Bertz CT molecular complexity index is 783. The van der Waals surface area contributed by atoms with Gasteiger partial charge in [-0.2, -0.15) is 0 Å². The lowest BCUT2D eigenvalue weighted by Gasteiger charge is -2.36. The Hall–Kier alpha value is -1.09. The summed E-state index contributed by atoms with van der Waals surface area (Å²) in [6, 6.07) is 1.72. The first kappa shape index (κ1) is 21.2. The molecule has 0 amide bonds. The zero-order valence-corrected chi connectivity index (χ0v) is 19.0. The Balaban J connectivity index is 2.23. The summed E-state index contributed by atoms with van der Waals surface area (Å²) in [5.41, 5.74) is 0.703. The molecule has 2 aromatic rings. The molecule has 1 N–H and O–H groups in total. The summed E-state index contributed by atoms with van der Waals surface area (Å²) < 4.78 is 11.6. The standard InChI is InChI=1S/C17H27ClN4O2SSi/c1-17(2,3)26(6,7)24-9-8-19-14-13-11(20-16(22-14)25-5)10-12(18)21-15(13)23-4/h10H,8-9H2,1-7H3,(H,19,20,22). The van der Waals surface area contributed by atoms with E-state index >= 15 is 0 Å². The highest BCUT2D eigenvalue weighted by Gasteiger charge is 2.36. The van der Waals surface area contributed by atoms with Crippen molar-refractivity contribution in [3.63, 3.8) is 0 Å². The lowest BCUT2D eigenvalue weighted by Crippen LogP contribution is -2.41. The number of fused-ring (bicyclic) bond motifs is 1. The molecule has 0 radical (unpaired) electrons. The van der Waals surface area contributed by atoms with Gasteiger partial charge in [0.05, 0.1) is 19.2 Å². The maximum Gasteiger partial charge on any atom is 0.227 e. The zero-order valence-electron chi connectivity index (χ0n) is 16.4. The van der Waals surface area contributed by atoms with Gasteiger partial charge in [0.1, 0.15) is 16.4 Å². The van der Waals surface area contributed by atoms with Crippen molar-refractivity contribution >= 4 is 48.4 Å².